The first-order valence-corrected chi connectivity index (χ1v) is 9.87. The van der Waals surface area contributed by atoms with E-state index in [0.717, 1.165) is 5.56 Å². The molecule has 0 fully saturated rings. The van der Waals surface area contributed by atoms with Gasteiger partial charge in [-0.05, 0) is 54.5 Å². The number of nitrogens with two attached hydrogens (primary N) is 1. The molecule has 0 spiro atoms. The van der Waals surface area contributed by atoms with Crippen molar-refractivity contribution in [3.05, 3.63) is 58.1 Å². The van der Waals surface area contributed by atoms with Gasteiger partial charge in [0.15, 0.2) is 0 Å². The van der Waals surface area contributed by atoms with Gasteiger partial charge in [-0.3, -0.25) is 9.52 Å². The van der Waals surface area contributed by atoms with Crippen molar-refractivity contribution in [1.29, 1.82) is 0 Å². The lowest BCUT2D eigenvalue weighted by molar-refractivity contribution is 0.100. The fraction of sp³-hybridized carbons (Fsp3) is 0.350. The molecule has 0 aliphatic carbocycles. The maximum absolute atomic E-state index is 13.1. The van der Waals surface area contributed by atoms with Crippen molar-refractivity contribution in [3.8, 4) is 0 Å². The van der Waals surface area contributed by atoms with Crippen molar-refractivity contribution >= 4 is 21.6 Å². The smallest absolute Gasteiger partial charge is 0.262 e. The number of sulfonamides is 1. The number of amides is 1. The summed E-state index contributed by atoms with van der Waals surface area (Å²) >= 11 is 0. The van der Waals surface area contributed by atoms with E-state index in [1.807, 2.05) is 12.1 Å². The van der Waals surface area contributed by atoms with Crippen LogP contribution in [-0.4, -0.2) is 14.3 Å². The molecule has 6 heteroatoms. The van der Waals surface area contributed by atoms with Gasteiger partial charge in [0.05, 0.1) is 16.1 Å². The molecule has 140 valence electrons. The number of carbonyl (C=O) groups excluding carboxylic acids is 1. The van der Waals surface area contributed by atoms with Crippen LogP contribution in [0.5, 0.6) is 0 Å². The van der Waals surface area contributed by atoms with E-state index in [9.17, 15) is 13.2 Å². The second-order valence-electron chi connectivity index (χ2n) is 7.66. The molecular formula is C20H26N2O3S. The molecule has 0 atom stereocenters. The number of para-hydroxylation sites is 1. The van der Waals surface area contributed by atoms with E-state index < -0.39 is 15.9 Å². The molecule has 0 saturated carbocycles. The third kappa shape index (κ3) is 3.90. The molecule has 5 nitrogen and oxygen atoms in total. The van der Waals surface area contributed by atoms with E-state index in [4.69, 9.17) is 5.73 Å². The summed E-state index contributed by atoms with van der Waals surface area (Å²) in [7, 11) is -3.87. The summed E-state index contributed by atoms with van der Waals surface area (Å²) in [4.78, 5) is 11.9. The number of anilines is 1. The lowest BCUT2D eigenvalue weighted by atomic mass is 9.85. The Hall–Kier alpha value is -2.34. The summed E-state index contributed by atoms with van der Waals surface area (Å²) in [5.41, 5.74) is 8.71. The maximum atomic E-state index is 13.1. The van der Waals surface area contributed by atoms with Crippen LogP contribution in [-0.2, 0) is 15.4 Å². The second kappa shape index (κ2) is 6.76. The minimum Gasteiger partial charge on any atom is -0.366 e. The fourth-order valence-electron chi connectivity index (χ4n) is 3.00. The summed E-state index contributed by atoms with van der Waals surface area (Å²) in [6, 6.07) is 8.70. The quantitative estimate of drug-likeness (QED) is 0.853. The van der Waals surface area contributed by atoms with Gasteiger partial charge in [-0.25, -0.2) is 8.42 Å². The van der Waals surface area contributed by atoms with Crippen molar-refractivity contribution in [2.45, 2.75) is 51.9 Å². The number of benzene rings is 2. The van der Waals surface area contributed by atoms with Gasteiger partial charge < -0.3 is 5.73 Å². The molecule has 2 aromatic rings. The Balaban J connectivity index is 2.59. The van der Waals surface area contributed by atoms with Gasteiger partial charge in [0.1, 0.15) is 0 Å². The molecule has 26 heavy (non-hydrogen) atoms. The molecule has 0 heterocycles. The van der Waals surface area contributed by atoms with E-state index in [-0.39, 0.29) is 21.6 Å². The largest absolute Gasteiger partial charge is 0.366 e. The summed E-state index contributed by atoms with van der Waals surface area (Å²) in [5, 5.41) is 0. The number of carbonyl (C=O) groups is 1. The molecule has 0 bridgehead atoms. The van der Waals surface area contributed by atoms with Gasteiger partial charge >= 0.3 is 0 Å². The summed E-state index contributed by atoms with van der Waals surface area (Å²) in [6.07, 6.45) is 0. The van der Waals surface area contributed by atoms with Crippen LogP contribution in [0.3, 0.4) is 0 Å². The molecule has 1 amide bonds. The van der Waals surface area contributed by atoms with Crippen molar-refractivity contribution in [2.75, 3.05) is 4.72 Å². The number of hydrogen-bond donors (Lipinski definition) is 2. The van der Waals surface area contributed by atoms with Crippen LogP contribution in [0.1, 0.15) is 53.4 Å². The van der Waals surface area contributed by atoms with Crippen LogP contribution in [0.15, 0.2) is 35.2 Å². The van der Waals surface area contributed by atoms with Gasteiger partial charge in [-0.15, -0.1) is 0 Å². The number of primary amides is 1. The van der Waals surface area contributed by atoms with Gasteiger partial charge in [-0.1, -0.05) is 45.0 Å². The first kappa shape index (κ1) is 20.0. The minimum absolute atomic E-state index is 0.0829. The van der Waals surface area contributed by atoms with Crippen LogP contribution >= 0.6 is 0 Å². The second-order valence-corrected chi connectivity index (χ2v) is 9.28. The molecule has 2 aromatic carbocycles. The summed E-state index contributed by atoms with van der Waals surface area (Å²) in [6.45, 7) is 11.5. The van der Waals surface area contributed by atoms with E-state index >= 15 is 0 Å². The van der Waals surface area contributed by atoms with Crippen molar-refractivity contribution in [1.82, 2.24) is 0 Å². The lowest BCUT2D eigenvalue weighted by Crippen LogP contribution is -2.21. The third-order valence-corrected chi connectivity index (χ3v) is 6.02. The van der Waals surface area contributed by atoms with Crippen LogP contribution in [0.2, 0.25) is 0 Å². The first-order valence-electron chi connectivity index (χ1n) is 8.38. The highest BCUT2D eigenvalue weighted by Crippen LogP contribution is 2.31. The standard InChI is InChI=1S/C20H26N2O3S/c1-12-8-7-9-16(19(21)23)17(12)22-26(24,25)18-13(2)10-15(11-14(18)3)20(4,5)6/h7-11,22H,1-6H3,(H2,21,23). The highest BCUT2D eigenvalue weighted by atomic mass is 32.2. The average molecular weight is 375 g/mol. The molecule has 0 unspecified atom stereocenters. The number of aryl methyl sites for hydroxylation is 3. The molecule has 0 saturated heterocycles. The number of rotatable bonds is 4. The normalized spacial score (nSPS) is 12.1. The Morgan fingerprint density at radius 2 is 1.54 bits per heavy atom. The van der Waals surface area contributed by atoms with Crippen LogP contribution in [0, 0.1) is 20.8 Å². The van der Waals surface area contributed by atoms with E-state index in [2.05, 4.69) is 25.5 Å². The van der Waals surface area contributed by atoms with E-state index in [1.54, 1.807) is 32.9 Å². The van der Waals surface area contributed by atoms with Gasteiger partial charge in [0.25, 0.3) is 15.9 Å². The highest BCUT2D eigenvalue weighted by Gasteiger charge is 2.25. The van der Waals surface area contributed by atoms with Crippen LogP contribution < -0.4 is 10.5 Å². The molecule has 0 aromatic heterocycles. The SMILES string of the molecule is Cc1cccc(C(N)=O)c1NS(=O)(=O)c1c(C)cc(C(C)(C)C)cc1C. The molecular weight excluding hydrogens is 348 g/mol. The summed E-state index contributed by atoms with van der Waals surface area (Å²) in [5.74, 6) is -0.678. The monoisotopic (exact) mass is 374 g/mol. The molecule has 0 radical (unpaired) electrons. The summed E-state index contributed by atoms with van der Waals surface area (Å²) < 4.78 is 28.7. The Labute approximate surface area is 155 Å². The lowest BCUT2D eigenvalue weighted by Gasteiger charge is -2.23. The molecule has 0 aliphatic heterocycles. The Kier molecular flexibility index (Phi) is 5.19. The zero-order chi connectivity index (χ0) is 19.9. The highest BCUT2D eigenvalue weighted by molar-refractivity contribution is 7.92. The molecule has 2 rings (SSSR count). The van der Waals surface area contributed by atoms with Crippen molar-refractivity contribution < 1.29 is 13.2 Å². The number of nitrogens with one attached hydrogen (secondary N) is 1. The average Bonchev–Trinajstić information content (AvgIpc) is 2.46. The minimum atomic E-state index is -3.87. The van der Waals surface area contributed by atoms with E-state index in [0.29, 0.717) is 16.7 Å². The Bertz CT molecular complexity index is 948. The predicted molar refractivity (Wildman–Crippen MR) is 105 cm³/mol. The zero-order valence-electron chi connectivity index (χ0n) is 16.1. The van der Waals surface area contributed by atoms with Gasteiger partial charge in [0, 0.05) is 0 Å². The topological polar surface area (TPSA) is 89.3 Å². The van der Waals surface area contributed by atoms with Crippen molar-refractivity contribution in [2.24, 2.45) is 5.73 Å². The van der Waals surface area contributed by atoms with Crippen LogP contribution in [0.25, 0.3) is 0 Å². The van der Waals surface area contributed by atoms with Crippen molar-refractivity contribution in [3.63, 3.8) is 0 Å². The predicted octanol–water partition coefficient (Wildman–Crippen LogP) is 3.81. The first-order chi connectivity index (χ1) is 11.8. The van der Waals surface area contributed by atoms with E-state index in [1.165, 1.54) is 6.07 Å². The Morgan fingerprint density at radius 3 is 2.00 bits per heavy atom. The van der Waals surface area contributed by atoms with Crippen LogP contribution in [0.4, 0.5) is 5.69 Å². The maximum Gasteiger partial charge on any atom is 0.262 e. The molecule has 3 N–H and O–H groups in total. The zero-order valence-corrected chi connectivity index (χ0v) is 16.9. The Morgan fingerprint density at radius 1 is 1.00 bits per heavy atom. The van der Waals surface area contributed by atoms with Gasteiger partial charge in [-0.2, -0.15) is 0 Å². The van der Waals surface area contributed by atoms with Gasteiger partial charge in [0.2, 0.25) is 0 Å². The fourth-order valence-corrected chi connectivity index (χ4v) is 4.61. The number of hydrogen-bond acceptors (Lipinski definition) is 3. The molecule has 0 aliphatic rings. The third-order valence-electron chi connectivity index (χ3n) is 4.37.